The van der Waals surface area contributed by atoms with E-state index in [1.807, 2.05) is 0 Å². The Kier molecular flexibility index (Phi) is 4.24. The molecular weight excluding hydrogens is 246 g/mol. The van der Waals surface area contributed by atoms with E-state index >= 15 is 0 Å². The van der Waals surface area contributed by atoms with E-state index in [2.05, 4.69) is 12.2 Å². The Morgan fingerprint density at radius 3 is 2.58 bits per heavy atom. The smallest absolute Gasteiger partial charge is 0.338 e. The van der Waals surface area contributed by atoms with Gasteiger partial charge in [0.25, 0.3) is 5.91 Å². The lowest BCUT2D eigenvalue weighted by molar-refractivity contribution is 0.0695. The second-order valence-electron chi connectivity index (χ2n) is 5.10. The van der Waals surface area contributed by atoms with Gasteiger partial charge >= 0.3 is 5.97 Å². The maximum absolute atomic E-state index is 11.9. The SMILES string of the molecule is CCC1CCC(NC(=O)c2cc(C(=O)O)co2)CC1. The van der Waals surface area contributed by atoms with Gasteiger partial charge in [0, 0.05) is 12.1 Å². The van der Waals surface area contributed by atoms with Gasteiger partial charge in [-0.15, -0.1) is 0 Å². The summed E-state index contributed by atoms with van der Waals surface area (Å²) in [6.07, 6.45) is 6.53. The molecule has 5 heteroatoms. The normalized spacial score (nSPS) is 23.0. The minimum absolute atomic E-state index is 0.000147. The summed E-state index contributed by atoms with van der Waals surface area (Å²) < 4.78 is 4.98. The summed E-state index contributed by atoms with van der Waals surface area (Å²) in [5, 5.41) is 11.7. The van der Waals surface area contributed by atoms with E-state index in [0.29, 0.717) is 0 Å². The quantitative estimate of drug-likeness (QED) is 0.877. The second kappa shape index (κ2) is 5.91. The van der Waals surface area contributed by atoms with E-state index in [-0.39, 0.29) is 23.3 Å². The molecule has 0 radical (unpaired) electrons. The molecule has 104 valence electrons. The Bertz CT molecular complexity index is 458. The van der Waals surface area contributed by atoms with Crippen LogP contribution in [0.25, 0.3) is 0 Å². The number of hydrogen-bond donors (Lipinski definition) is 2. The molecule has 1 aliphatic carbocycles. The van der Waals surface area contributed by atoms with Gasteiger partial charge in [0.15, 0.2) is 5.76 Å². The number of furan rings is 1. The first-order chi connectivity index (χ1) is 9.10. The molecule has 1 aliphatic rings. The van der Waals surface area contributed by atoms with Crippen molar-refractivity contribution in [3.05, 3.63) is 23.7 Å². The van der Waals surface area contributed by atoms with Gasteiger partial charge in [-0.25, -0.2) is 4.79 Å². The minimum Gasteiger partial charge on any atom is -0.478 e. The number of amides is 1. The third kappa shape index (κ3) is 3.36. The molecular formula is C14H19NO4. The maximum Gasteiger partial charge on any atom is 0.338 e. The predicted molar refractivity (Wildman–Crippen MR) is 69.2 cm³/mol. The van der Waals surface area contributed by atoms with Gasteiger partial charge in [-0.1, -0.05) is 13.3 Å². The molecule has 0 unspecified atom stereocenters. The van der Waals surface area contributed by atoms with Crippen molar-refractivity contribution in [3.63, 3.8) is 0 Å². The van der Waals surface area contributed by atoms with Crippen molar-refractivity contribution in [3.8, 4) is 0 Å². The first kappa shape index (κ1) is 13.6. The van der Waals surface area contributed by atoms with Crippen molar-refractivity contribution in [2.75, 3.05) is 0 Å². The summed E-state index contributed by atoms with van der Waals surface area (Å²) in [5.74, 6) is -0.580. The van der Waals surface area contributed by atoms with E-state index in [1.54, 1.807) is 0 Å². The molecule has 0 aromatic carbocycles. The summed E-state index contributed by atoms with van der Waals surface area (Å²) in [6.45, 7) is 2.19. The number of nitrogens with one attached hydrogen (secondary N) is 1. The van der Waals surface area contributed by atoms with Crippen LogP contribution >= 0.6 is 0 Å². The molecule has 0 aliphatic heterocycles. The molecule has 1 amide bonds. The second-order valence-corrected chi connectivity index (χ2v) is 5.10. The molecule has 2 rings (SSSR count). The van der Waals surface area contributed by atoms with Crippen LogP contribution < -0.4 is 5.32 Å². The highest BCUT2D eigenvalue weighted by Crippen LogP contribution is 2.26. The molecule has 1 heterocycles. The van der Waals surface area contributed by atoms with Gasteiger partial charge in [0.05, 0.1) is 5.56 Å². The van der Waals surface area contributed by atoms with Crippen LogP contribution in [-0.4, -0.2) is 23.0 Å². The van der Waals surface area contributed by atoms with E-state index in [4.69, 9.17) is 9.52 Å². The number of carboxylic acids is 1. The Labute approximate surface area is 112 Å². The summed E-state index contributed by atoms with van der Waals surface area (Å²) in [5.41, 5.74) is -0.000147. The van der Waals surface area contributed by atoms with E-state index < -0.39 is 5.97 Å². The van der Waals surface area contributed by atoms with Crippen molar-refractivity contribution in [1.29, 1.82) is 0 Å². The fraction of sp³-hybridized carbons (Fsp3) is 0.571. The van der Waals surface area contributed by atoms with Crippen molar-refractivity contribution in [1.82, 2.24) is 5.32 Å². The largest absolute Gasteiger partial charge is 0.478 e. The fourth-order valence-corrected chi connectivity index (χ4v) is 2.54. The molecule has 0 bridgehead atoms. The molecule has 5 nitrogen and oxygen atoms in total. The monoisotopic (exact) mass is 265 g/mol. The predicted octanol–water partition coefficient (Wildman–Crippen LogP) is 2.68. The summed E-state index contributed by atoms with van der Waals surface area (Å²) in [4.78, 5) is 22.6. The van der Waals surface area contributed by atoms with Gasteiger partial charge in [0.2, 0.25) is 0 Å². The number of carboxylic acid groups (broad SMARTS) is 1. The number of carbonyl (C=O) groups excluding carboxylic acids is 1. The highest BCUT2D eigenvalue weighted by atomic mass is 16.4. The Morgan fingerprint density at radius 2 is 2.05 bits per heavy atom. The molecule has 1 fully saturated rings. The maximum atomic E-state index is 11.9. The number of rotatable bonds is 4. The number of hydrogen-bond acceptors (Lipinski definition) is 3. The van der Waals surface area contributed by atoms with Gasteiger partial charge in [0.1, 0.15) is 6.26 Å². The third-order valence-electron chi connectivity index (χ3n) is 3.83. The third-order valence-corrected chi connectivity index (χ3v) is 3.83. The van der Waals surface area contributed by atoms with Crippen LogP contribution in [0.3, 0.4) is 0 Å². The van der Waals surface area contributed by atoms with Crippen molar-refractivity contribution in [2.45, 2.75) is 45.1 Å². The summed E-state index contributed by atoms with van der Waals surface area (Å²) >= 11 is 0. The van der Waals surface area contributed by atoms with Crippen LogP contribution in [0.4, 0.5) is 0 Å². The van der Waals surface area contributed by atoms with Crippen LogP contribution in [0.2, 0.25) is 0 Å². The number of carbonyl (C=O) groups is 2. The van der Waals surface area contributed by atoms with Crippen LogP contribution in [0.5, 0.6) is 0 Å². The summed E-state index contributed by atoms with van der Waals surface area (Å²) in [6, 6.07) is 1.43. The van der Waals surface area contributed by atoms with E-state index in [9.17, 15) is 9.59 Å². The van der Waals surface area contributed by atoms with Crippen molar-refractivity contribution < 1.29 is 19.1 Å². The lowest BCUT2D eigenvalue weighted by Crippen LogP contribution is -2.37. The van der Waals surface area contributed by atoms with Crippen molar-refractivity contribution >= 4 is 11.9 Å². The van der Waals surface area contributed by atoms with Crippen LogP contribution in [0, 0.1) is 5.92 Å². The van der Waals surface area contributed by atoms with Gasteiger partial charge in [-0.05, 0) is 31.6 Å². The molecule has 1 aromatic heterocycles. The fourth-order valence-electron chi connectivity index (χ4n) is 2.54. The average Bonchev–Trinajstić information content (AvgIpc) is 2.89. The zero-order chi connectivity index (χ0) is 13.8. The zero-order valence-corrected chi connectivity index (χ0v) is 11.0. The Hall–Kier alpha value is -1.78. The topological polar surface area (TPSA) is 79.5 Å². The Morgan fingerprint density at radius 1 is 1.37 bits per heavy atom. The van der Waals surface area contributed by atoms with E-state index in [0.717, 1.165) is 37.9 Å². The van der Waals surface area contributed by atoms with Gasteiger partial charge in [-0.2, -0.15) is 0 Å². The van der Waals surface area contributed by atoms with Crippen LogP contribution in [-0.2, 0) is 0 Å². The van der Waals surface area contributed by atoms with Gasteiger partial charge in [-0.3, -0.25) is 4.79 Å². The average molecular weight is 265 g/mol. The van der Waals surface area contributed by atoms with Crippen LogP contribution in [0.1, 0.15) is 59.9 Å². The molecule has 2 N–H and O–H groups in total. The molecule has 1 saturated carbocycles. The number of aromatic carboxylic acids is 1. The van der Waals surface area contributed by atoms with Crippen molar-refractivity contribution in [2.24, 2.45) is 5.92 Å². The zero-order valence-electron chi connectivity index (χ0n) is 11.0. The Balaban J connectivity index is 1.88. The molecule has 19 heavy (non-hydrogen) atoms. The molecule has 0 atom stereocenters. The summed E-state index contributed by atoms with van der Waals surface area (Å²) in [7, 11) is 0. The molecule has 1 aromatic rings. The minimum atomic E-state index is -1.09. The van der Waals surface area contributed by atoms with Gasteiger partial charge < -0.3 is 14.8 Å². The van der Waals surface area contributed by atoms with E-state index in [1.165, 1.54) is 12.5 Å². The lowest BCUT2D eigenvalue weighted by atomic mass is 9.84. The standard InChI is InChI=1S/C14H19NO4/c1-2-9-3-5-11(6-4-9)15-13(16)12-7-10(8-19-12)14(17)18/h7-9,11H,2-6H2,1H3,(H,15,16)(H,17,18). The first-order valence-corrected chi connectivity index (χ1v) is 6.72. The molecule has 0 spiro atoms. The van der Waals surface area contributed by atoms with Crippen LogP contribution in [0.15, 0.2) is 16.7 Å². The highest BCUT2D eigenvalue weighted by molar-refractivity contribution is 5.95. The lowest BCUT2D eigenvalue weighted by Gasteiger charge is -2.28. The molecule has 0 saturated heterocycles. The first-order valence-electron chi connectivity index (χ1n) is 6.72. The highest BCUT2D eigenvalue weighted by Gasteiger charge is 2.23.